The number of benzene rings is 1. The van der Waals surface area contributed by atoms with E-state index in [1.165, 1.54) is 18.6 Å². The van der Waals surface area contributed by atoms with Crippen LogP contribution in [0.2, 0.25) is 5.02 Å². The van der Waals surface area contributed by atoms with E-state index in [9.17, 15) is 9.18 Å². The molecular formula is C12H10ClFN3O3. The Balaban J connectivity index is 2.27. The average Bonchev–Trinajstić information content (AvgIpc) is 2.79. The number of halogens is 2. The first-order chi connectivity index (χ1) is 9.47. The summed E-state index contributed by atoms with van der Waals surface area (Å²) in [6.07, 6.45) is 1.01. The van der Waals surface area contributed by atoms with Gasteiger partial charge in [0.1, 0.15) is 0 Å². The van der Waals surface area contributed by atoms with Crippen molar-refractivity contribution in [2.75, 3.05) is 0 Å². The van der Waals surface area contributed by atoms with Crippen molar-refractivity contribution < 1.29 is 18.3 Å². The van der Waals surface area contributed by atoms with Crippen LogP contribution in [0, 0.1) is 19.2 Å². The van der Waals surface area contributed by atoms with E-state index < -0.39 is 11.7 Å². The zero-order valence-electron chi connectivity index (χ0n) is 10.4. The number of carbonyl (C=O) groups is 1. The highest BCUT2D eigenvalue weighted by Crippen LogP contribution is 2.34. The van der Waals surface area contributed by atoms with Crippen LogP contribution >= 0.6 is 11.6 Å². The first-order valence-corrected chi connectivity index (χ1v) is 5.92. The summed E-state index contributed by atoms with van der Waals surface area (Å²) in [6.45, 7) is 1.56. The highest BCUT2D eigenvalue weighted by Gasteiger charge is 2.17. The van der Waals surface area contributed by atoms with Crippen molar-refractivity contribution in [3.05, 3.63) is 40.8 Å². The van der Waals surface area contributed by atoms with Gasteiger partial charge in [-0.3, -0.25) is 4.79 Å². The Kier molecular flexibility index (Phi) is 4.19. The van der Waals surface area contributed by atoms with Gasteiger partial charge in [-0.15, -0.1) is 5.10 Å². The molecule has 20 heavy (non-hydrogen) atoms. The molecule has 1 aromatic carbocycles. The van der Waals surface area contributed by atoms with E-state index >= 15 is 0 Å². The van der Waals surface area contributed by atoms with Gasteiger partial charge in [-0.05, 0) is 11.6 Å². The molecule has 1 amide bonds. The van der Waals surface area contributed by atoms with Crippen molar-refractivity contribution in [1.82, 2.24) is 10.2 Å². The van der Waals surface area contributed by atoms with Crippen LogP contribution in [0.3, 0.4) is 0 Å². The minimum atomic E-state index is -0.741. The van der Waals surface area contributed by atoms with Gasteiger partial charge in [-0.1, -0.05) is 22.8 Å². The van der Waals surface area contributed by atoms with E-state index in [-0.39, 0.29) is 34.7 Å². The number of nitrogens with two attached hydrogens (primary N) is 1. The topological polar surface area (TPSA) is 91.2 Å². The molecule has 8 heteroatoms. The summed E-state index contributed by atoms with van der Waals surface area (Å²) < 4.78 is 24.3. The van der Waals surface area contributed by atoms with Crippen molar-refractivity contribution in [1.29, 1.82) is 0 Å². The van der Waals surface area contributed by atoms with E-state index in [1.54, 1.807) is 6.92 Å². The fourth-order valence-corrected chi connectivity index (χ4v) is 1.60. The maximum absolute atomic E-state index is 14.2. The van der Waals surface area contributed by atoms with Crippen molar-refractivity contribution in [3.8, 4) is 11.8 Å². The molecule has 0 fully saturated rings. The lowest BCUT2D eigenvalue weighted by molar-refractivity contribution is -0.117. The maximum Gasteiger partial charge on any atom is 0.420 e. The number of hydrogen-bond acceptors (Lipinski definition) is 5. The Hall–Kier alpha value is -2.15. The van der Waals surface area contributed by atoms with Crippen LogP contribution in [0.15, 0.2) is 16.5 Å². The SMILES string of the molecule is Cc1nnc(Oc2c(Cl)ccc([CH]CC(N)=O)c2F)o1. The Morgan fingerprint density at radius 2 is 2.30 bits per heavy atom. The van der Waals surface area contributed by atoms with Crippen molar-refractivity contribution in [3.63, 3.8) is 0 Å². The number of aryl methyl sites for hydroxylation is 1. The van der Waals surface area contributed by atoms with Crippen molar-refractivity contribution >= 4 is 17.5 Å². The number of carbonyl (C=O) groups excluding carboxylic acids is 1. The largest absolute Gasteiger partial charge is 0.420 e. The van der Waals surface area contributed by atoms with Crippen molar-refractivity contribution in [2.24, 2.45) is 5.73 Å². The summed E-state index contributed by atoms with van der Waals surface area (Å²) in [5, 5.41) is 7.16. The number of hydrogen-bond donors (Lipinski definition) is 1. The molecule has 1 radical (unpaired) electrons. The van der Waals surface area contributed by atoms with Gasteiger partial charge in [0.05, 0.1) is 5.02 Å². The Labute approximate surface area is 118 Å². The summed E-state index contributed by atoms with van der Waals surface area (Å²) in [5.74, 6) is -1.30. The molecule has 6 nitrogen and oxygen atoms in total. The number of rotatable bonds is 5. The summed E-state index contributed by atoms with van der Waals surface area (Å²) in [5.41, 5.74) is 5.14. The van der Waals surface area contributed by atoms with Crippen LogP contribution in [-0.4, -0.2) is 16.1 Å². The molecule has 105 valence electrons. The molecule has 0 saturated heterocycles. The first-order valence-electron chi connectivity index (χ1n) is 5.55. The minimum absolute atomic E-state index is 0.0366. The van der Waals surface area contributed by atoms with Gasteiger partial charge in [-0.2, -0.15) is 0 Å². The fourth-order valence-electron chi connectivity index (χ4n) is 1.42. The van der Waals surface area contributed by atoms with Gasteiger partial charge in [-0.25, -0.2) is 4.39 Å². The molecular weight excluding hydrogens is 289 g/mol. The quantitative estimate of drug-likeness (QED) is 0.915. The highest BCUT2D eigenvalue weighted by atomic mass is 35.5. The summed E-state index contributed by atoms with van der Waals surface area (Å²) in [6, 6.07) is 2.84. The van der Waals surface area contributed by atoms with E-state index in [0.717, 1.165) is 0 Å². The molecule has 0 bridgehead atoms. The molecule has 0 aliphatic heterocycles. The molecule has 0 spiro atoms. The molecule has 1 aromatic heterocycles. The lowest BCUT2D eigenvalue weighted by atomic mass is 10.1. The number of amides is 1. The molecule has 0 aliphatic rings. The molecule has 0 atom stereocenters. The lowest BCUT2D eigenvalue weighted by Gasteiger charge is -2.08. The molecule has 2 rings (SSSR count). The third-order valence-electron chi connectivity index (χ3n) is 2.30. The number of nitrogens with zero attached hydrogens (tertiary/aromatic N) is 2. The second-order valence-electron chi connectivity index (χ2n) is 3.84. The maximum atomic E-state index is 14.2. The Bertz CT molecular complexity index is 645. The molecule has 2 N–H and O–H groups in total. The normalized spacial score (nSPS) is 10.6. The standard InChI is InChI=1S/C12H10ClFN3O3/c1-6-16-17-12(19-6)20-11-8(13)4-2-7(10(11)14)3-5-9(15)18/h2-4H,5H2,1H3,(H2,15,18). The molecule has 0 saturated carbocycles. The monoisotopic (exact) mass is 298 g/mol. The molecule has 0 aliphatic carbocycles. The second-order valence-corrected chi connectivity index (χ2v) is 4.25. The highest BCUT2D eigenvalue weighted by molar-refractivity contribution is 6.32. The third kappa shape index (κ3) is 3.24. The van der Waals surface area contributed by atoms with Crippen LogP contribution in [0.5, 0.6) is 11.8 Å². The van der Waals surface area contributed by atoms with E-state index in [1.807, 2.05) is 0 Å². The van der Waals surface area contributed by atoms with Gasteiger partial charge in [0, 0.05) is 19.8 Å². The van der Waals surface area contributed by atoms with Crippen LogP contribution in [0.1, 0.15) is 17.9 Å². The zero-order valence-corrected chi connectivity index (χ0v) is 11.1. The molecule has 1 heterocycles. The molecule has 2 aromatic rings. The van der Waals surface area contributed by atoms with Gasteiger partial charge >= 0.3 is 6.08 Å². The minimum Gasteiger partial charge on any atom is -0.405 e. The van der Waals surface area contributed by atoms with Crippen LogP contribution < -0.4 is 10.5 Å². The summed E-state index contributed by atoms with van der Waals surface area (Å²) in [4.78, 5) is 10.7. The molecule has 0 unspecified atom stereocenters. The first kappa shape index (κ1) is 14.3. The number of ether oxygens (including phenoxy) is 1. The lowest BCUT2D eigenvalue weighted by Crippen LogP contribution is -2.10. The van der Waals surface area contributed by atoms with Crippen LogP contribution in [0.4, 0.5) is 4.39 Å². The van der Waals surface area contributed by atoms with E-state index in [4.69, 9.17) is 26.5 Å². The summed E-state index contributed by atoms with van der Waals surface area (Å²) >= 11 is 5.86. The third-order valence-corrected chi connectivity index (χ3v) is 2.60. The van der Waals surface area contributed by atoms with E-state index in [2.05, 4.69) is 10.2 Å². The smallest absolute Gasteiger partial charge is 0.405 e. The zero-order chi connectivity index (χ0) is 14.7. The van der Waals surface area contributed by atoms with Crippen molar-refractivity contribution in [2.45, 2.75) is 13.3 Å². The number of aromatic nitrogens is 2. The number of primary amides is 1. The predicted octanol–water partition coefficient (Wildman–Crippen LogP) is 2.39. The fraction of sp³-hybridized carbons (Fsp3) is 0.167. The second kappa shape index (κ2) is 5.87. The van der Waals surface area contributed by atoms with Gasteiger partial charge in [0.2, 0.25) is 11.8 Å². The predicted molar refractivity (Wildman–Crippen MR) is 67.7 cm³/mol. The van der Waals surface area contributed by atoms with Gasteiger partial charge in [0.15, 0.2) is 11.6 Å². The average molecular weight is 299 g/mol. The van der Waals surface area contributed by atoms with Crippen LogP contribution in [0.25, 0.3) is 0 Å². The van der Waals surface area contributed by atoms with E-state index in [0.29, 0.717) is 0 Å². The van der Waals surface area contributed by atoms with Gasteiger partial charge < -0.3 is 14.9 Å². The van der Waals surface area contributed by atoms with Crippen LogP contribution in [-0.2, 0) is 4.79 Å². The van der Waals surface area contributed by atoms with Gasteiger partial charge in [0.25, 0.3) is 0 Å². The summed E-state index contributed by atoms with van der Waals surface area (Å²) in [7, 11) is 0. The Morgan fingerprint density at radius 1 is 1.55 bits per heavy atom. The Morgan fingerprint density at radius 3 is 2.90 bits per heavy atom.